The zero-order valence-corrected chi connectivity index (χ0v) is 20.1. The lowest BCUT2D eigenvalue weighted by molar-refractivity contribution is -0.122. The van der Waals surface area contributed by atoms with Crippen LogP contribution in [0.2, 0.25) is 5.02 Å². The fourth-order valence-electron chi connectivity index (χ4n) is 3.26. The first-order valence-electron chi connectivity index (χ1n) is 11.0. The molecule has 8 nitrogen and oxygen atoms in total. The molecule has 2 aromatic rings. The highest BCUT2D eigenvalue weighted by molar-refractivity contribution is 6.39. The van der Waals surface area contributed by atoms with Crippen molar-refractivity contribution in [3.8, 4) is 17.2 Å². The Balaban J connectivity index is 1.97. The molecule has 0 bridgehead atoms. The zero-order chi connectivity index (χ0) is 24.7. The maximum atomic E-state index is 13.3. The molecule has 0 radical (unpaired) electrons. The van der Waals surface area contributed by atoms with Crippen LogP contribution in [-0.2, 0) is 9.59 Å². The SMILES string of the molecule is CCCCOc1ccc(Cl)cc1/C=C1/C(=O)NC(=O)N(c2ccc(OCCC)c(OC)c2)C1=O. The number of methoxy groups -OCH3 is 1. The minimum atomic E-state index is -0.859. The summed E-state index contributed by atoms with van der Waals surface area (Å²) in [5, 5.41) is 2.63. The second-order valence-corrected chi connectivity index (χ2v) is 7.96. The van der Waals surface area contributed by atoms with Crippen LogP contribution in [0.5, 0.6) is 17.2 Å². The van der Waals surface area contributed by atoms with Crippen LogP contribution in [-0.4, -0.2) is 38.2 Å². The maximum absolute atomic E-state index is 13.3. The Morgan fingerprint density at radius 1 is 0.941 bits per heavy atom. The van der Waals surface area contributed by atoms with E-state index in [1.54, 1.807) is 30.3 Å². The van der Waals surface area contributed by atoms with Gasteiger partial charge in [-0.25, -0.2) is 9.69 Å². The summed E-state index contributed by atoms with van der Waals surface area (Å²) in [4.78, 5) is 39.3. The number of barbiturate groups is 1. The summed E-state index contributed by atoms with van der Waals surface area (Å²) in [7, 11) is 1.46. The minimum Gasteiger partial charge on any atom is -0.493 e. The van der Waals surface area contributed by atoms with Gasteiger partial charge < -0.3 is 14.2 Å². The number of anilines is 1. The molecule has 0 unspecified atom stereocenters. The van der Waals surface area contributed by atoms with E-state index in [4.69, 9.17) is 25.8 Å². The Labute approximate surface area is 203 Å². The molecule has 4 amide bonds. The van der Waals surface area contributed by atoms with Crippen molar-refractivity contribution in [2.75, 3.05) is 25.2 Å². The quantitative estimate of drug-likeness (QED) is 0.289. The van der Waals surface area contributed by atoms with E-state index < -0.39 is 17.8 Å². The molecular formula is C25H27ClN2O6. The van der Waals surface area contributed by atoms with Crippen LogP contribution in [0.3, 0.4) is 0 Å². The number of unbranched alkanes of at least 4 members (excludes halogenated alkanes) is 1. The number of carbonyl (C=O) groups is 3. The van der Waals surface area contributed by atoms with Crippen LogP contribution in [0.15, 0.2) is 42.0 Å². The van der Waals surface area contributed by atoms with Crippen molar-refractivity contribution in [3.05, 3.63) is 52.6 Å². The molecule has 34 heavy (non-hydrogen) atoms. The molecule has 0 spiro atoms. The van der Waals surface area contributed by atoms with Gasteiger partial charge in [-0.05, 0) is 49.2 Å². The third kappa shape index (κ3) is 5.69. The van der Waals surface area contributed by atoms with Crippen molar-refractivity contribution in [1.29, 1.82) is 0 Å². The molecule has 0 atom stereocenters. The number of amides is 4. The van der Waals surface area contributed by atoms with Gasteiger partial charge in [0.05, 0.1) is 26.0 Å². The van der Waals surface area contributed by atoms with Crippen molar-refractivity contribution in [2.45, 2.75) is 33.1 Å². The number of hydrogen-bond acceptors (Lipinski definition) is 6. The Bertz CT molecular complexity index is 1110. The average molecular weight is 487 g/mol. The van der Waals surface area contributed by atoms with Gasteiger partial charge in [0.1, 0.15) is 11.3 Å². The summed E-state index contributed by atoms with van der Waals surface area (Å²) in [6.07, 6.45) is 3.98. The number of halogens is 1. The summed E-state index contributed by atoms with van der Waals surface area (Å²) in [5.74, 6) is -0.264. The number of urea groups is 1. The normalized spacial score (nSPS) is 14.9. The van der Waals surface area contributed by atoms with Gasteiger partial charge in [-0.15, -0.1) is 0 Å². The minimum absolute atomic E-state index is 0.229. The number of nitrogens with zero attached hydrogens (tertiary/aromatic N) is 1. The first-order chi connectivity index (χ1) is 16.4. The summed E-state index contributed by atoms with van der Waals surface area (Å²) >= 11 is 6.14. The topological polar surface area (TPSA) is 94.2 Å². The van der Waals surface area contributed by atoms with E-state index in [2.05, 4.69) is 5.32 Å². The van der Waals surface area contributed by atoms with Gasteiger partial charge in [-0.1, -0.05) is 31.9 Å². The summed E-state index contributed by atoms with van der Waals surface area (Å²) in [6.45, 7) is 4.98. The molecule has 1 heterocycles. The lowest BCUT2D eigenvalue weighted by atomic mass is 10.1. The van der Waals surface area contributed by atoms with Gasteiger partial charge in [-0.3, -0.25) is 14.9 Å². The molecule has 0 aromatic heterocycles. The maximum Gasteiger partial charge on any atom is 0.335 e. The number of ether oxygens (including phenoxy) is 3. The monoisotopic (exact) mass is 486 g/mol. The van der Waals surface area contributed by atoms with E-state index >= 15 is 0 Å². The molecular weight excluding hydrogens is 460 g/mol. The highest BCUT2D eigenvalue weighted by Gasteiger charge is 2.37. The van der Waals surface area contributed by atoms with Gasteiger partial charge in [-0.2, -0.15) is 0 Å². The van der Waals surface area contributed by atoms with Gasteiger partial charge in [0.2, 0.25) is 0 Å². The smallest absolute Gasteiger partial charge is 0.335 e. The van der Waals surface area contributed by atoms with Crippen molar-refractivity contribution in [1.82, 2.24) is 5.32 Å². The average Bonchev–Trinajstić information content (AvgIpc) is 2.82. The van der Waals surface area contributed by atoms with Gasteiger partial charge in [0.25, 0.3) is 11.8 Å². The van der Waals surface area contributed by atoms with E-state index in [9.17, 15) is 14.4 Å². The fourth-order valence-corrected chi connectivity index (χ4v) is 3.44. The number of hydrogen-bond donors (Lipinski definition) is 1. The van der Waals surface area contributed by atoms with E-state index in [1.807, 2.05) is 13.8 Å². The highest BCUT2D eigenvalue weighted by atomic mass is 35.5. The number of imide groups is 2. The predicted octanol–water partition coefficient (Wildman–Crippen LogP) is 4.98. The molecule has 1 aliphatic rings. The molecule has 1 N–H and O–H groups in total. The Hall–Kier alpha value is -3.52. The zero-order valence-electron chi connectivity index (χ0n) is 19.4. The van der Waals surface area contributed by atoms with E-state index in [-0.39, 0.29) is 11.3 Å². The number of benzene rings is 2. The Morgan fingerprint density at radius 3 is 2.38 bits per heavy atom. The standard InChI is InChI=1S/C25H27ClN2O6/c1-4-6-12-34-20-9-7-17(26)13-16(20)14-19-23(29)27-25(31)28(24(19)30)18-8-10-21(33-11-5-2)22(15-18)32-3/h7-10,13-15H,4-6,11-12H2,1-3H3,(H,27,29,31)/b19-14-. The van der Waals surface area contributed by atoms with Crippen molar-refractivity contribution < 1.29 is 28.6 Å². The molecule has 180 valence electrons. The van der Waals surface area contributed by atoms with E-state index in [0.29, 0.717) is 41.0 Å². The molecule has 9 heteroatoms. The lowest BCUT2D eigenvalue weighted by Crippen LogP contribution is -2.54. The van der Waals surface area contributed by atoms with Gasteiger partial charge in [0, 0.05) is 16.7 Å². The fraction of sp³-hybridized carbons (Fsp3) is 0.320. The first kappa shape index (κ1) is 25.1. The number of nitrogens with one attached hydrogen (secondary N) is 1. The second-order valence-electron chi connectivity index (χ2n) is 7.53. The van der Waals surface area contributed by atoms with Crippen LogP contribution in [0.1, 0.15) is 38.7 Å². The lowest BCUT2D eigenvalue weighted by Gasteiger charge is -2.27. The molecule has 3 rings (SSSR count). The number of rotatable bonds is 10. The van der Waals surface area contributed by atoms with Crippen LogP contribution in [0.25, 0.3) is 6.08 Å². The van der Waals surface area contributed by atoms with Gasteiger partial charge >= 0.3 is 6.03 Å². The molecule has 0 saturated carbocycles. The largest absolute Gasteiger partial charge is 0.493 e. The Morgan fingerprint density at radius 2 is 1.68 bits per heavy atom. The van der Waals surface area contributed by atoms with Crippen molar-refractivity contribution in [3.63, 3.8) is 0 Å². The van der Waals surface area contributed by atoms with Crippen LogP contribution in [0.4, 0.5) is 10.5 Å². The number of carbonyl (C=O) groups excluding carboxylic acids is 3. The third-order valence-electron chi connectivity index (χ3n) is 5.00. The highest BCUT2D eigenvalue weighted by Crippen LogP contribution is 2.34. The van der Waals surface area contributed by atoms with Crippen LogP contribution in [0, 0.1) is 0 Å². The van der Waals surface area contributed by atoms with Crippen LogP contribution >= 0.6 is 11.6 Å². The first-order valence-corrected chi connectivity index (χ1v) is 11.4. The predicted molar refractivity (Wildman–Crippen MR) is 130 cm³/mol. The second kappa shape index (κ2) is 11.6. The summed E-state index contributed by atoms with van der Waals surface area (Å²) in [6, 6.07) is 8.75. The molecule has 1 saturated heterocycles. The molecule has 2 aromatic carbocycles. The summed E-state index contributed by atoms with van der Waals surface area (Å²) < 4.78 is 16.8. The molecule has 1 fully saturated rings. The van der Waals surface area contributed by atoms with Crippen LogP contribution < -0.4 is 24.4 Å². The Kier molecular flexibility index (Phi) is 8.54. The van der Waals surface area contributed by atoms with Crippen molar-refractivity contribution >= 4 is 41.2 Å². The van der Waals surface area contributed by atoms with Gasteiger partial charge in [0.15, 0.2) is 11.5 Å². The molecule has 0 aliphatic carbocycles. The summed E-state index contributed by atoms with van der Waals surface area (Å²) in [5.41, 5.74) is 0.455. The molecule has 1 aliphatic heterocycles. The van der Waals surface area contributed by atoms with Crippen molar-refractivity contribution in [2.24, 2.45) is 0 Å². The third-order valence-corrected chi connectivity index (χ3v) is 5.23. The van der Waals surface area contributed by atoms with E-state index in [0.717, 1.165) is 24.2 Å². The van der Waals surface area contributed by atoms with E-state index in [1.165, 1.54) is 19.3 Å².